The van der Waals surface area contributed by atoms with Gasteiger partial charge in [0.05, 0.1) is 51.5 Å². The predicted molar refractivity (Wildman–Crippen MR) is 192 cm³/mol. The Morgan fingerprint density at radius 3 is 1.40 bits per heavy atom. The molecule has 0 saturated carbocycles. The van der Waals surface area contributed by atoms with Crippen LogP contribution in [0.2, 0.25) is 0 Å². The average Bonchev–Trinajstić information content (AvgIpc) is 3.74. The number of pyridine rings is 2. The zero-order valence-corrected chi connectivity index (χ0v) is 29.7. The molecule has 16 heteroatoms. The number of ether oxygens (including phenoxy) is 5. The first-order valence-electron chi connectivity index (χ1n) is 16.1. The van der Waals surface area contributed by atoms with E-state index in [0.717, 1.165) is 40.6 Å². The highest BCUT2D eigenvalue weighted by Gasteiger charge is 2.35. The second kappa shape index (κ2) is 14.8. The Kier molecular flexibility index (Phi) is 9.98. The van der Waals surface area contributed by atoms with Gasteiger partial charge < -0.3 is 32.5 Å². The number of nitrogens with zero attached hydrogens (tertiary/aromatic N) is 3. The first-order chi connectivity index (χ1) is 26.4. The fraction of sp³-hybridized carbons (Fsp3) is 0.128. The van der Waals surface area contributed by atoms with Crippen LogP contribution in [0.5, 0.6) is 5.75 Å². The lowest BCUT2D eigenvalue weighted by Crippen LogP contribution is -2.15. The third-order valence-corrected chi connectivity index (χ3v) is 8.87. The van der Waals surface area contributed by atoms with Gasteiger partial charge in [0.25, 0.3) is 5.69 Å². The Morgan fingerprint density at radius 2 is 0.982 bits per heavy atom. The third kappa shape index (κ3) is 6.30. The number of methoxy groups -OCH3 is 5. The lowest BCUT2D eigenvalue weighted by Gasteiger charge is -2.09. The quantitative estimate of drug-likeness (QED) is 0.0538. The Balaban J connectivity index is 1.61. The van der Waals surface area contributed by atoms with Crippen LogP contribution in [0.3, 0.4) is 0 Å². The molecule has 0 fully saturated rings. The highest BCUT2D eigenvalue weighted by molar-refractivity contribution is 6.21. The van der Waals surface area contributed by atoms with Crippen molar-refractivity contribution in [3.63, 3.8) is 0 Å². The van der Waals surface area contributed by atoms with Gasteiger partial charge in [-0.25, -0.2) is 19.2 Å². The van der Waals surface area contributed by atoms with Crippen LogP contribution >= 0.6 is 0 Å². The number of aromatic nitrogens is 2. The van der Waals surface area contributed by atoms with Crippen LogP contribution in [-0.2, 0) is 18.9 Å². The summed E-state index contributed by atoms with van der Waals surface area (Å²) in [7, 11) is 5.81. The van der Waals surface area contributed by atoms with E-state index >= 15 is 0 Å². The first-order valence-corrected chi connectivity index (χ1v) is 16.1. The van der Waals surface area contributed by atoms with Gasteiger partial charge in [0.2, 0.25) is 11.6 Å². The number of benzene rings is 2. The summed E-state index contributed by atoms with van der Waals surface area (Å²) in [6, 6.07) is 17.0. The maximum atomic E-state index is 14.1. The van der Waals surface area contributed by atoms with E-state index < -0.39 is 45.9 Å². The zero-order chi connectivity index (χ0) is 39.7. The summed E-state index contributed by atoms with van der Waals surface area (Å²) in [5.74, 6) is -4.93. The molecule has 4 heterocycles. The molecule has 2 aromatic carbocycles. The van der Waals surface area contributed by atoms with Crippen LogP contribution in [0.1, 0.15) is 73.5 Å². The summed E-state index contributed by atoms with van der Waals surface area (Å²) in [5, 5.41) is 11.2. The minimum atomic E-state index is -1.03. The molecule has 0 amide bonds. The summed E-state index contributed by atoms with van der Waals surface area (Å²) < 4.78 is 28.0. The van der Waals surface area contributed by atoms with Gasteiger partial charge in [0, 0.05) is 35.7 Å². The van der Waals surface area contributed by atoms with Crippen molar-refractivity contribution in [3.05, 3.63) is 140 Å². The minimum Gasteiger partial charge on any atom is -0.497 e. The first kappa shape index (κ1) is 37.1. The maximum absolute atomic E-state index is 14.1. The summed E-state index contributed by atoms with van der Waals surface area (Å²) in [6.07, 6.45) is 2.88. The van der Waals surface area contributed by atoms with Crippen LogP contribution < -0.4 is 4.74 Å². The molecule has 0 N–H and O–H groups in total. The maximum Gasteiger partial charge on any atom is 0.341 e. The van der Waals surface area contributed by atoms with Crippen molar-refractivity contribution in [2.24, 2.45) is 0 Å². The number of carbonyl (C=O) groups excluding carboxylic acids is 6. The molecule has 0 saturated heterocycles. The predicted octanol–water partition coefficient (Wildman–Crippen LogP) is 5.38. The van der Waals surface area contributed by atoms with Crippen molar-refractivity contribution < 1.29 is 57.4 Å². The van der Waals surface area contributed by atoms with E-state index in [0.29, 0.717) is 16.9 Å². The number of hydrogen-bond acceptors (Lipinski definition) is 13. The van der Waals surface area contributed by atoms with E-state index in [4.69, 9.17) is 23.7 Å². The van der Waals surface area contributed by atoms with Crippen molar-refractivity contribution in [1.82, 2.24) is 8.80 Å². The van der Waals surface area contributed by atoms with Gasteiger partial charge >= 0.3 is 23.9 Å². The normalized spacial score (nSPS) is 10.9. The van der Waals surface area contributed by atoms with E-state index in [1.54, 1.807) is 24.3 Å². The van der Waals surface area contributed by atoms with Crippen LogP contribution in [0.25, 0.3) is 22.2 Å². The lowest BCUT2D eigenvalue weighted by atomic mass is 10.0. The van der Waals surface area contributed by atoms with Crippen molar-refractivity contribution in [3.8, 4) is 16.9 Å². The smallest absolute Gasteiger partial charge is 0.341 e. The number of fused-ring (bicyclic) bond motifs is 2. The van der Waals surface area contributed by atoms with E-state index in [2.05, 4.69) is 0 Å². The van der Waals surface area contributed by atoms with Crippen molar-refractivity contribution in [2.45, 2.75) is 0 Å². The number of nitro groups is 1. The van der Waals surface area contributed by atoms with Gasteiger partial charge in [-0.2, -0.15) is 0 Å². The summed E-state index contributed by atoms with van der Waals surface area (Å²) in [6.45, 7) is 0. The van der Waals surface area contributed by atoms with Gasteiger partial charge in [0.15, 0.2) is 0 Å². The standard InChI is InChI=1S/C39H29N3O13/c1-51-25-8-6-7-23(17-25)35(44)33-31(39(48)55-5)29(37(46)53-3)27-19-22(14-16-41(27)33)21-13-15-40-26(18-21)28(36(45)52-2)30(38(47)54-4)32(40)34(43)20-9-11-24(12-10-20)42(49)50/h6-19H,1-5H3. The lowest BCUT2D eigenvalue weighted by molar-refractivity contribution is -0.384. The topological polar surface area (TPSA) is 201 Å². The van der Waals surface area contributed by atoms with Gasteiger partial charge in [-0.1, -0.05) is 12.1 Å². The Labute approximate surface area is 310 Å². The average molecular weight is 748 g/mol. The largest absolute Gasteiger partial charge is 0.497 e. The second-order valence-corrected chi connectivity index (χ2v) is 11.7. The summed E-state index contributed by atoms with van der Waals surface area (Å²) in [5.41, 5.74) is -0.999. The van der Waals surface area contributed by atoms with E-state index in [1.165, 1.54) is 64.7 Å². The molecular formula is C39H29N3O13. The van der Waals surface area contributed by atoms with Crippen molar-refractivity contribution >= 4 is 52.2 Å². The van der Waals surface area contributed by atoms with Gasteiger partial charge in [-0.3, -0.25) is 19.7 Å². The monoisotopic (exact) mass is 747 g/mol. The highest BCUT2D eigenvalue weighted by Crippen LogP contribution is 2.35. The fourth-order valence-electron chi connectivity index (χ4n) is 6.31. The molecule has 0 atom stereocenters. The molecule has 0 aliphatic rings. The Hall–Kier alpha value is -7.62. The summed E-state index contributed by atoms with van der Waals surface area (Å²) >= 11 is 0. The number of non-ortho nitro benzene ring substituents is 1. The highest BCUT2D eigenvalue weighted by atomic mass is 16.6. The van der Waals surface area contributed by atoms with Crippen LogP contribution in [0.15, 0.2) is 85.2 Å². The molecule has 0 unspecified atom stereocenters. The molecule has 4 aromatic heterocycles. The molecule has 0 aliphatic carbocycles. The molecule has 16 nitrogen and oxygen atoms in total. The fourth-order valence-corrected chi connectivity index (χ4v) is 6.31. The molecular weight excluding hydrogens is 718 g/mol. The molecule has 6 rings (SSSR count). The van der Waals surface area contributed by atoms with Crippen LogP contribution in [0, 0.1) is 10.1 Å². The van der Waals surface area contributed by atoms with Crippen molar-refractivity contribution in [2.75, 3.05) is 35.5 Å². The van der Waals surface area contributed by atoms with Crippen LogP contribution in [0.4, 0.5) is 5.69 Å². The molecule has 0 spiro atoms. The number of rotatable bonds is 11. The zero-order valence-electron chi connectivity index (χ0n) is 29.7. The third-order valence-electron chi connectivity index (χ3n) is 8.87. The number of esters is 4. The van der Waals surface area contributed by atoms with Crippen molar-refractivity contribution in [1.29, 1.82) is 0 Å². The molecule has 0 aliphatic heterocycles. The molecule has 278 valence electrons. The molecule has 6 aromatic rings. The van der Waals surface area contributed by atoms with Gasteiger partial charge in [-0.15, -0.1) is 0 Å². The van der Waals surface area contributed by atoms with Gasteiger partial charge in [0.1, 0.15) is 39.4 Å². The van der Waals surface area contributed by atoms with Crippen LogP contribution in [-0.4, -0.2) is 84.7 Å². The molecule has 0 radical (unpaired) electrons. The summed E-state index contributed by atoms with van der Waals surface area (Å²) in [4.78, 5) is 91.8. The molecule has 0 bridgehead atoms. The van der Waals surface area contributed by atoms with E-state index in [9.17, 15) is 38.9 Å². The second-order valence-electron chi connectivity index (χ2n) is 11.7. The number of carbonyl (C=O) groups is 6. The minimum absolute atomic E-state index is 0.0228. The Bertz CT molecular complexity index is 2620. The van der Waals surface area contributed by atoms with E-state index in [1.807, 2.05) is 0 Å². The van der Waals surface area contributed by atoms with E-state index in [-0.39, 0.29) is 55.9 Å². The number of ketones is 2. The number of nitro benzene ring substituents is 1. The van der Waals surface area contributed by atoms with Gasteiger partial charge in [-0.05, 0) is 59.7 Å². The number of hydrogen-bond donors (Lipinski definition) is 0. The Morgan fingerprint density at radius 1 is 0.545 bits per heavy atom. The SMILES string of the molecule is COC(=O)c1c(C(=O)OC)c2cc(-c3ccn4c(C(=O)c5cccc(OC)c5)c(C(=O)OC)c(C(=O)OC)c4c3)ccn2c1C(=O)c1ccc([N+](=O)[O-])cc1. The molecule has 55 heavy (non-hydrogen) atoms.